The molecule has 2 heterocycles. The summed E-state index contributed by atoms with van der Waals surface area (Å²) < 4.78 is 5.32. The minimum atomic E-state index is -1.20. The summed E-state index contributed by atoms with van der Waals surface area (Å²) in [6, 6.07) is 8.29. The van der Waals surface area contributed by atoms with Crippen molar-refractivity contribution in [2.75, 3.05) is 24.2 Å². The molecule has 1 atom stereocenters. The molecule has 1 aliphatic heterocycles. The third kappa shape index (κ3) is 5.02. The Morgan fingerprint density at radius 3 is 2.65 bits per heavy atom. The Morgan fingerprint density at radius 2 is 1.97 bits per heavy atom. The number of nitrogens with one attached hydrogen (secondary N) is 2. The summed E-state index contributed by atoms with van der Waals surface area (Å²) in [4.78, 5) is 50.2. The van der Waals surface area contributed by atoms with Crippen LogP contribution in [0.3, 0.4) is 0 Å². The normalized spacial score (nSPS) is 18.1. The van der Waals surface area contributed by atoms with E-state index in [0.29, 0.717) is 22.9 Å². The second-order valence-electron chi connectivity index (χ2n) is 6.46. The number of benzene rings is 1. The van der Waals surface area contributed by atoms with Crippen molar-refractivity contribution in [2.24, 2.45) is 0 Å². The Hall–Kier alpha value is -2.99. The first-order chi connectivity index (χ1) is 14.9. The van der Waals surface area contributed by atoms with Crippen LogP contribution in [0.2, 0.25) is 0 Å². The molecule has 0 aliphatic carbocycles. The summed E-state index contributed by atoms with van der Waals surface area (Å²) >= 11 is 2.22. The predicted octanol–water partition coefficient (Wildman–Crippen LogP) is 1.99. The van der Waals surface area contributed by atoms with Gasteiger partial charge in [0.15, 0.2) is 4.34 Å². The molecule has 3 rings (SSSR count). The average Bonchev–Trinajstić information content (AvgIpc) is 3.31. The number of carbonyl (C=O) groups excluding carboxylic acids is 4. The molecule has 31 heavy (non-hydrogen) atoms. The maximum absolute atomic E-state index is 13.1. The number of ether oxygens (including phenoxy) is 1. The van der Waals surface area contributed by atoms with Gasteiger partial charge in [0, 0.05) is 0 Å². The van der Waals surface area contributed by atoms with Gasteiger partial charge in [0.2, 0.25) is 11.0 Å². The van der Waals surface area contributed by atoms with E-state index in [4.69, 9.17) is 4.74 Å². The van der Waals surface area contributed by atoms with E-state index >= 15 is 0 Å². The van der Waals surface area contributed by atoms with Gasteiger partial charge in [-0.1, -0.05) is 60.4 Å². The van der Waals surface area contributed by atoms with E-state index < -0.39 is 29.9 Å². The fourth-order valence-electron chi connectivity index (χ4n) is 3.08. The topological polar surface area (TPSA) is 131 Å². The molecule has 0 spiro atoms. The number of esters is 1. The first-order valence-corrected chi connectivity index (χ1v) is 11.3. The summed E-state index contributed by atoms with van der Waals surface area (Å²) in [7, 11) is 0. The molecule has 1 aromatic carbocycles. The third-order valence-electron chi connectivity index (χ3n) is 4.55. The highest BCUT2D eigenvalue weighted by Gasteiger charge is 2.51. The Bertz CT molecular complexity index is 983. The van der Waals surface area contributed by atoms with E-state index in [1.54, 1.807) is 38.1 Å². The van der Waals surface area contributed by atoms with Crippen LogP contribution < -0.4 is 10.6 Å². The number of carbonyl (C=O) groups is 4. The molecule has 164 valence electrons. The Balaban J connectivity index is 1.61. The van der Waals surface area contributed by atoms with Gasteiger partial charge in [0.05, 0.1) is 12.4 Å². The first-order valence-electron chi connectivity index (χ1n) is 9.51. The molecule has 1 aliphatic rings. The monoisotopic (exact) mass is 463 g/mol. The minimum absolute atomic E-state index is 0.0808. The lowest BCUT2D eigenvalue weighted by molar-refractivity contribution is -0.139. The number of hydrogen-bond acceptors (Lipinski definition) is 9. The maximum Gasteiger partial charge on any atom is 0.325 e. The second kappa shape index (κ2) is 9.88. The summed E-state index contributed by atoms with van der Waals surface area (Å²) in [5.74, 6) is -1.35. The van der Waals surface area contributed by atoms with Crippen molar-refractivity contribution in [2.45, 2.75) is 30.1 Å². The van der Waals surface area contributed by atoms with Gasteiger partial charge in [0.25, 0.3) is 5.91 Å². The van der Waals surface area contributed by atoms with E-state index in [0.717, 1.165) is 28.0 Å². The van der Waals surface area contributed by atoms with Crippen LogP contribution in [0.5, 0.6) is 0 Å². The largest absolute Gasteiger partial charge is 0.465 e. The van der Waals surface area contributed by atoms with E-state index in [1.165, 1.54) is 0 Å². The van der Waals surface area contributed by atoms with Crippen LogP contribution in [0, 0.1) is 0 Å². The van der Waals surface area contributed by atoms with Crippen molar-refractivity contribution in [1.29, 1.82) is 0 Å². The predicted molar refractivity (Wildman–Crippen MR) is 115 cm³/mol. The highest BCUT2D eigenvalue weighted by atomic mass is 32.2. The van der Waals surface area contributed by atoms with Crippen LogP contribution in [0.15, 0.2) is 34.7 Å². The molecule has 2 aromatic rings. The van der Waals surface area contributed by atoms with Gasteiger partial charge in [-0.3, -0.25) is 24.6 Å². The van der Waals surface area contributed by atoms with Crippen molar-refractivity contribution in [3.63, 3.8) is 0 Å². The van der Waals surface area contributed by atoms with E-state index in [1.807, 2.05) is 6.07 Å². The second-order valence-corrected chi connectivity index (χ2v) is 8.66. The molecule has 2 N–H and O–H groups in total. The van der Waals surface area contributed by atoms with Crippen molar-refractivity contribution >= 4 is 52.0 Å². The maximum atomic E-state index is 13.1. The summed E-state index contributed by atoms with van der Waals surface area (Å²) in [5.41, 5.74) is -0.538. The average molecular weight is 464 g/mol. The molecule has 0 radical (unpaired) electrons. The van der Waals surface area contributed by atoms with Gasteiger partial charge < -0.3 is 10.1 Å². The van der Waals surface area contributed by atoms with E-state index in [2.05, 4.69) is 20.8 Å². The number of urea groups is 1. The third-order valence-corrected chi connectivity index (χ3v) is 6.49. The van der Waals surface area contributed by atoms with Crippen LogP contribution in [-0.4, -0.2) is 57.8 Å². The number of nitrogens with zero attached hydrogens (tertiary/aromatic N) is 3. The van der Waals surface area contributed by atoms with E-state index in [9.17, 15) is 19.2 Å². The van der Waals surface area contributed by atoms with Crippen molar-refractivity contribution < 1.29 is 23.9 Å². The zero-order chi connectivity index (χ0) is 22.4. The van der Waals surface area contributed by atoms with Crippen LogP contribution in [-0.2, 0) is 24.7 Å². The molecular weight excluding hydrogens is 442 g/mol. The molecule has 1 saturated heterocycles. The molecular formula is C19H21N5O5S2. The molecule has 1 fully saturated rings. The number of thioether (sulfide) groups is 1. The number of anilines is 1. The van der Waals surface area contributed by atoms with Gasteiger partial charge in [0.1, 0.15) is 12.1 Å². The van der Waals surface area contributed by atoms with Crippen LogP contribution >= 0.6 is 23.1 Å². The van der Waals surface area contributed by atoms with Gasteiger partial charge in [-0.25, -0.2) is 4.79 Å². The quantitative estimate of drug-likeness (QED) is 0.250. The number of aromatic nitrogens is 2. The SMILES string of the molecule is CCOC(=O)CSc1nnc(NC(=O)CN2C(=O)N[C@](CC)(c3ccccc3)C2=O)s1. The number of amides is 4. The fourth-order valence-corrected chi connectivity index (χ4v) is 4.64. The molecule has 10 nitrogen and oxygen atoms in total. The van der Waals surface area contributed by atoms with Crippen LogP contribution in [0.1, 0.15) is 25.8 Å². The van der Waals surface area contributed by atoms with Crippen LogP contribution in [0.4, 0.5) is 9.93 Å². The van der Waals surface area contributed by atoms with Gasteiger partial charge >= 0.3 is 12.0 Å². The minimum Gasteiger partial charge on any atom is -0.465 e. The Kier molecular flexibility index (Phi) is 7.23. The molecule has 4 amide bonds. The van der Waals surface area contributed by atoms with Gasteiger partial charge in [-0.05, 0) is 18.9 Å². The van der Waals surface area contributed by atoms with E-state index in [-0.39, 0.29) is 16.9 Å². The van der Waals surface area contributed by atoms with Gasteiger partial charge in [-0.2, -0.15) is 0 Å². The van der Waals surface area contributed by atoms with Gasteiger partial charge in [-0.15, -0.1) is 10.2 Å². The number of hydrogen-bond donors (Lipinski definition) is 2. The zero-order valence-electron chi connectivity index (χ0n) is 16.9. The van der Waals surface area contributed by atoms with Crippen molar-refractivity contribution in [3.05, 3.63) is 35.9 Å². The lowest BCUT2D eigenvalue weighted by Crippen LogP contribution is -2.44. The van der Waals surface area contributed by atoms with Crippen LogP contribution in [0.25, 0.3) is 0 Å². The smallest absolute Gasteiger partial charge is 0.325 e. The summed E-state index contributed by atoms with van der Waals surface area (Å²) in [5, 5.41) is 13.2. The first kappa shape index (κ1) is 22.7. The lowest BCUT2D eigenvalue weighted by Gasteiger charge is -2.25. The molecule has 0 saturated carbocycles. The highest BCUT2D eigenvalue weighted by molar-refractivity contribution is 8.01. The summed E-state index contributed by atoms with van der Waals surface area (Å²) in [6.07, 6.45) is 0.344. The Labute approximate surface area is 186 Å². The molecule has 12 heteroatoms. The molecule has 0 unspecified atom stereocenters. The van der Waals surface area contributed by atoms with Crippen molar-refractivity contribution in [3.8, 4) is 0 Å². The standard InChI is InChI=1S/C19H21N5O5S2/c1-3-19(12-8-6-5-7-9-12)15(27)24(17(28)21-19)10-13(25)20-16-22-23-18(31-16)30-11-14(26)29-4-2/h5-9H,3-4,10-11H2,1-2H3,(H,21,28)(H,20,22,25)/t19-/m1/s1. The molecule has 1 aromatic heterocycles. The number of rotatable bonds is 9. The molecule has 0 bridgehead atoms. The fraction of sp³-hybridized carbons (Fsp3) is 0.368. The Morgan fingerprint density at radius 1 is 1.23 bits per heavy atom. The summed E-state index contributed by atoms with van der Waals surface area (Å²) in [6.45, 7) is 3.36. The highest BCUT2D eigenvalue weighted by Crippen LogP contribution is 2.32. The lowest BCUT2D eigenvalue weighted by atomic mass is 9.87. The number of imide groups is 1. The van der Waals surface area contributed by atoms with Crippen molar-refractivity contribution in [1.82, 2.24) is 20.4 Å². The zero-order valence-corrected chi connectivity index (χ0v) is 18.5.